The fourth-order valence-electron chi connectivity index (χ4n) is 8.17. The van der Waals surface area contributed by atoms with Gasteiger partial charge in [0.1, 0.15) is 19.3 Å². The lowest BCUT2D eigenvalue weighted by Gasteiger charge is -2.24. The third kappa shape index (κ3) is 57.0. The van der Waals surface area contributed by atoms with Gasteiger partial charge < -0.3 is 18.9 Å². The molecule has 0 aromatic heterocycles. The maximum absolute atomic E-state index is 12.8. The Balaban J connectivity index is 4.08. The average molecular weight is 992 g/mol. The van der Waals surface area contributed by atoms with Gasteiger partial charge in [-0.3, -0.25) is 13.8 Å². The van der Waals surface area contributed by atoms with Crippen molar-refractivity contribution < 1.29 is 37.3 Å². The predicted octanol–water partition coefficient (Wildman–Crippen LogP) is 18.4. The average Bonchev–Trinajstić information content (AvgIpc) is 3.31. The molecule has 0 aliphatic carbocycles. The summed E-state index contributed by atoms with van der Waals surface area (Å²) in [7, 11) is 1.66. The summed E-state index contributed by atoms with van der Waals surface area (Å²) >= 11 is 0. The van der Waals surface area contributed by atoms with Crippen LogP contribution in [0.1, 0.15) is 258 Å². The standard InChI is InChI=1S/C60H112NO7P/c1-6-8-10-12-14-16-18-20-22-24-26-28-30-32-34-36-38-40-42-44-46-48-50-52-55-65-57-59(58-67-69(63,64)66-56-54-61(3,4)5)68-60(62)53-51-49-47-45-43-41-39-37-35-33-31-29-27-25-23-21-19-17-15-13-11-9-7-2/h9,11,15,17,21,23,27,29,33,35,59H,6-8,10,12-14,16,18-20,22,24-26,28,30-32,34,36-58H2,1-5H3/p+1/b11-9-,17-15-,23-21-,29-27-,35-33-. The number of unbranched alkanes of at least 4 members (excludes halogenated alkanes) is 30. The first-order chi connectivity index (χ1) is 33.6. The van der Waals surface area contributed by atoms with Crippen LogP contribution >= 0.6 is 7.82 Å². The van der Waals surface area contributed by atoms with Crippen LogP contribution in [0.25, 0.3) is 0 Å². The first-order valence-corrected chi connectivity index (χ1v) is 30.5. The van der Waals surface area contributed by atoms with Crippen molar-refractivity contribution in [3.8, 4) is 0 Å². The number of likely N-dealkylation sites (N-methyl/N-ethyl adjacent to an activating group) is 1. The Bertz CT molecular complexity index is 1290. The van der Waals surface area contributed by atoms with Crippen molar-refractivity contribution in [2.45, 2.75) is 264 Å². The van der Waals surface area contributed by atoms with Gasteiger partial charge in [-0.25, -0.2) is 4.57 Å². The molecule has 2 unspecified atom stereocenters. The molecule has 0 fully saturated rings. The summed E-state index contributed by atoms with van der Waals surface area (Å²) in [6.07, 6.45) is 68.6. The summed E-state index contributed by atoms with van der Waals surface area (Å²) in [5.74, 6) is -0.321. The highest BCUT2D eigenvalue weighted by atomic mass is 31.2. The highest BCUT2D eigenvalue weighted by molar-refractivity contribution is 7.47. The minimum absolute atomic E-state index is 0.0854. The molecule has 0 heterocycles. The van der Waals surface area contributed by atoms with Crippen molar-refractivity contribution >= 4 is 13.8 Å². The van der Waals surface area contributed by atoms with Gasteiger partial charge in [-0.2, -0.15) is 0 Å². The molecule has 9 heteroatoms. The van der Waals surface area contributed by atoms with Gasteiger partial charge in [-0.05, 0) is 57.8 Å². The quantitative estimate of drug-likeness (QED) is 0.0213. The smallest absolute Gasteiger partial charge is 0.457 e. The number of carbonyl (C=O) groups excluding carboxylic acids is 1. The molecule has 8 nitrogen and oxygen atoms in total. The van der Waals surface area contributed by atoms with Crippen LogP contribution in [-0.2, 0) is 27.9 Å². The van der Waals surface area contributed by atoms with E-state index in [1.54, 1.807) is 0 Å². The normalized spacial score (nSPS) is 13.9. The number of carbonyl (C=O) groups is 1. The molecule has 0 radical (unpaired) electrons. The number of esters is 1. The molecule has 0 aromatic carbocycles. The molecule has 0 aliphatic heterocycles. The summed E-state index contributed by atoms with van der Waals surface area (Å²) in [5, 5.41) is 0. The van der Waals surface area contributed by atoms with Crippen LogP contribution in [0.3, 0.4) is 0 Å². The van der Waals surface area contributed by atoms with Gasteiger partial charge in [-0.15, -0.1) is 0 Å². The molecule has 0 aliphatic rings. The number of allylic oxidation sites excluding steroid dienone is 10. The van der Waals surface area contributed by atoms with E-state index in [-0.39, 0.29) is 25.8 Å². The van der Waals surface area contributed by atoms with Gasteiger partial charge in [0.05, 0.1) is 34.4 Å². The van der Waals surface area contributed by atoms with Crippen molar-refractivity contribution in [2.75, 3.05) is 54.1 Å². The minimum Gasteiger partial charge on any atom is -0.457 e. The Labute approximate surface area is 428 Å². The molecule has 0 bridgehead atoms. The fourth-order valence-corrected chi connectivity index (χ4v) is 8.91. The Hall–Kier alpha value is -1.80. The van der Waals surface area contributed by atoms with Crippen LogP contribution < -0.4 is 0 Å². The van der Waals surface area contributed by atoms with Crippen molar-refractivity contribution in [1.82, 2.24) is 0 Å². The summed E-state index contributed by atoms with van der Waals surface area (Å²) in [6.45, 7) is 5.54. The third-order valence-electron chi connectivity index (χ3n) is 12.6. The van der Waals surface area contributed by atoms with Gasteiger partial charge in [0, 0.05) is 13.0 Å². The lowest BCUT2D eigenvalue weighted by Crippen LogP contribution is -2.37. The number of hydrogen-bond donors (Lipinski definition) is 1. The topological polar surface area (TPSA) is 91.3 Å². The number of hydrogen-bond acceptors (Lipinski definition) is 6. The highest BCUT2D eigenvalue weighted by Gasteiger charge is 2.26. The summed E-state index contributed by atoms with van der Waals surface area (Å²) in [6, 6.07) is 0. The molecule has 0 saturated heterocycles. The van der Waals surface area contributed by atoms with Crippen molar-refractivity contribution in [2.24, 2.45) is 0 Å². The highest BCUT2D eigenvalue weighted by Crippen LogP contribution is 2.43. The molecular formula is C60H113NO7P+. The van der Waals surface area contributed by atoms with Gasteiger partial charge in [0.25, 0.3) is 0 Å². The first kappa shape index (κ1) is 67.2. The Kier molecular flexibility index (Phi) is 51.2. The van der Waals surface area contributed by atoms with E-state index in [9.17, 15) is 14.3 Å². The fraction of sp³-hybridized carbons (Fsp3) is 0.817. The molecule has 404 valence electrons. The zero-order chi connectivity index (χ0) is 50.5. The number of rotatable bonds is 54. The summed E-state index contributed by atoms with van der Waals surface area (Å²) in [4.78, 5) is 23.1. The van der Waals surface area contributed by atoms with Crippen LogP contribution in [0.4, 0.5) is 0 Å². The van der Waals surface area contributed by atoms with E-state index in [2.05, 4.69) is 74.6 Å². The van der Waals surface area contributed by atoms with E-state index in [0.717, 1.165) is 70.6 Å². The van der Waals surface area contributed by atoms with E-state index in [1.807, 2.05) is 21.1 Å². The van der Waals surface area contributed by atoms with Gasteiger partial charge >= 0.3 is 13.8 Å². The molecule has 0 aromatic rings. The van der Waals surface area contributed by atoms with Crippen molar-refractivity contribution in [3.63, 3.8) is 0 Å². The van der Waals surface area contributed by atoms with Gasteiger partial charge in [-0.1, -0.05) is 254 Å². The number of ether oxygens (including phenoxy) is 2. The number of nitrogens with zero attached hydrogens (tertiary/aromatic N) is 1. The minimum atomic E-state index is -4.29. The maximum atomic E-state index is 12.8. The molecule has 0 spiro atoms. The van der Waals surface area contributed by atoms with Crippen molar-refractivity contribution in [3.05, 3.63) is 60.8 Å². The largest absolute Gasteiger partial charge is 0.472 e. The lowest BCUT2D eigenvalue weighted by atomic mass is 10.0. The van der Waals surface area contributed by atoms with E-state index >= 15 is 0 Å². The van der Waals surface area contributed by atoms with E-state index in [0.29, 0.717) is 24.1 Å². The molecular weight excluding hydrogens is 878 g/mol. The van der Waals surface area contributed by atoms with Gasteiger partial charge in [0.2, 0.25) is 0 Å². The van der Waals surface area contributed by atoms with Crippen LogP contribution in [0, 0.1) is 0 Å². The molecule has 1 N–H and O–H groups in total. The molecule has 2 atom stereocenters. The van der Waals surface area contributed by atoms with Gasteiger partial charge in [0.15, 0.2) is 0 Å². The number of quaternary nitrogens is 1. The predicted molar refractivity (Wildman–Crippen MR) is 298 cm³/mol. The second-order valence-electron chi connectivity index (χ2n) is 20.7. The van der Waals surface area contributed by atoms with Crippen LogP contribution in [0.2, 0.25) is 0 Å². The summed E-state index contributed by atoms with van der Waals surface area (Å²) in [5.41, 5.74) is 0. The second kappa shape index (κ2) is 52.5. The zero-order valence-electron chi connectivity index (χ0n) is 46.0. The molecule has 0 amide bonds. The van der Waals surface area contributed by atoms with Crippen LogP contribution in [-0.4, -0.2) is 75.6 Å². The Morgan fingerprint density at radius 3 is 1.26 bits per heavy atom. The zero-order valence-corrected chi connectivity index (χ0v) is 46.9. The second-order valence-corrected chi connectivity index (χ2v) is 22.1. The maximum Gasteiger partial charge on any atom is 0.472 e. The van der Waals surface area contributed by atoms with Crippen LogP contribution in [0.15, 0.2) is 60.8 Å². The molecule has 0 rings (SSSR count). The monoisotopic (exact) mass is 991 g/mol. The third-order valence-corrected chi connectivity index (χ3v) is 13.6. The summed E-state index contributed by atoms with van der Waals surface area (Å²) < 4.78 is 35.3. The number of phosphoric ester groups is 1. The van der Waals surface area contributed by atoms with E-state index in [1.165, 1.54) is 167 Å². The Morgan fingerprint density at radius 1 is 0.464 bits per heavy atom. The number of phosphoric acid groups is 1. The SMILES string of the molecule is CC/C=C\C/C=C\C/C=C\C/C=C\C/C=C\CCCCCCCCCC(=O)OC(COCCCCCCCCCCCCCCCCCCCCCCCCCC)COP(=O)(O)OCC[N+](C)(C)C. The molecule has 0 saturated carbocycles. The Morgan fingerprint density at radius 2 is 0.841 bits per heavy atom. The lowest BCUT2D eigenvalue weighted by molar-refractivity contribution is -0.870. The van der Waals surface area contributed by atoms with Crippen LogP contribution in [0.5, 0.6) is 0 Å². The van der Waals surface area contributed by atoms with E-state index in [4.69, 9.17) is 18.5 Å². The van der Waals surface area contributed by atoms with Crippen molar-refractivity contribution in [1.29, 1.82) is 0 Å². The molecule has 69 heavy (non-hydrogen) atoms. The van der Waals surface area contributed by atoms with E-state index < -0.39 is 13.9 Å². The first-order valence-electron chi connectivity index (χ1n) is 29.0.